The van der Waals surface area contributed by atoms with E-state index in [-0.39, 0.29) is 0 Å². The van der Waals surface area contributed by atoms with Crippen LogP contribution in [0.25, 0.3) is 87.2 Å². The summed E-state index contributed by atoms with van der Waals surface area (Å²) in [6, 6.07) is 79.7. The summed E-state index contributed by atoms with van der Waals surface area (Å²) in [6.45, 7) is 2.13. The molecule has 0 radical (unpaired) electrons. The summed E-state index contributed by atoms with van der Waals surface area (Å²) in [7, 11) is 0. The Morgan fingerprint density at radius 3 is 1.58 bits per heavy atom. The molecule has 11 rings (SSSR count). The number of aryl methyl sites for hydroxylation is 1. The highest BCUT2D eigenvalue weighted by molar-refractivity contribution is 6.26. The molecule has 0 saturated carbocycles. The average molecular weight is 764 g/mol. The van der Waals surface area contributed by atoms with Gasteiger partial charge in [0.15, 0.2) is 0 Å². The Hall–Kier alpha value is -7.61. The molecule has 60 heavy (non-hydrogen) atoms. The van der Waals surface area contributed by atoms with Crippen LogP contribution in [0.5, 0.6) is 0 Å². The van der Waals surface area contributed by atoms with Crippen LogP contribution < -0.4 is 0 Å². The van der Waals surface area contributed by atoms with E-state index < -0.39 is 0 Å². The standard InChI is InChI=1S/C59H41N/c1-39-17-8-15-30-55(39)60-56(37-40-18-4-2-5-19-40)41-31-33-43(34-32-41)57-45-23-10-9-22-44(45)38-54-46-28-16-29-48(47(46)35-36-53(54)57)59-51-26-13-11-24-49(51)58(42-20-6-3-7-21-42)50-25-12-14-27-52(50)59/h2-36,38H,37H2,1H3. The largest absolute Gasteiger partial charge is 0.252 e. The molecule has 11 aromatic rings. The fourth-order valence-electron chi connectivity index (χ4n) is 9.43. The summed E-state index contributed by atoms with van der Waals surface area (Å²) < 4.78 is 0. The van der Waals surface area contributed by atoms with Crippen LogP contribution in [-0.2, 0) is 6.42 Å². The molecule has 0 amide bonds. The molecule has 0 spiro atoms. The van der Waals surface area contributed by atoms with Crippen molar-refractivity contribution in [2.24, 2.45) is 4.99 Å². The summed E-state index contributed by atoms with van der Waals surface area (Å²) >= 11 is 0. The predicted octanol–water partition coefficient (Wildman–Crippen LogP) is 16.1. The Kier molecular flexibility index (Phi) is 8.86. The number of para-hydroxylation sites is 1. The lowest BCUT2D eigenvalue weighted by Crippen LogP contribution is -2.05. The minimum atomic E-state index is 0.750. The van der Waals surface area contributed by atoms with Gasteiger partial charge in [0, 0.05) is 6.42 Å². The summed E-state index contributed by atoms with van der Waals surface area (Å²) in [5, 5.41) is 12.6. The van der Waals surface area contributed by atoms with Crippen molar-refractivity contribution in [2.75, 3.05) is 0 Å². The normalized spacial score (nSPS) is 11.9. The van der Waals surface area contributed by atoms with E-state index in [1.54, 1.807) is 0 Å². The molecule has 0 heterocycles. The van der Waals surface area contributed by atoms with Crippen molar-refractivity contribution in [3.05, 3.63) is 235 Å². The zero-order chi connectivity index (χ0) is 40.0. The van der Waals surface area contributed by atoms with Gasteiger partial charge in [0.1, 0.15) is 0 Å². The summed E-state index contributed by atoms with van der Waals surface area (Å²) in [5.41, 5.74) is 13.1. The first kappa shape index (κ1) is 35.5. The highest BCUT2D eigenvalue weighted by atomic mass is 14.8. The molecular weight excluding hydrogens is 723 g/mol. The number of aliphatic imine (C=N–C) groups is 1. The Morgan fingerprint density at radius 1 is 0.367 bits per heavy atom. The van der Waals surface area contributed by atoms with Crippen LogP contribution in [0, 0.1) is 6.92 Å². The second kappa shape index (κ2) is 15.0. The molecule has 0 unspecified atom stereocenters. The number of nitrogens with zero attached hydrogens (tertiary/aromatic N) is 1. The minimum absolute atomic E-state index is 0.750. The molecule has 0 N–H and O–H groups in total. The second-order valence-corrected chi connectivity index (χ2v) is 15.8. The van der Waals surface area contributed by atoms with Crippen LogP contribution in [0.1, 0.15) is 16.7 Å². The molecule has 0 aromatic heterocycles. The third-order valence-electron chi connectivity index (χ3n) is 12.3. The smallest absolute Gasteiger partial charge is 0.0662 e. The molecule has 0 aliphatic carbocycles. The average Bonchev–Trinajstić information content (AvgIpc) is 3.31. The van der Waals surface area contributed by atoms with E-state index in [9.17, 15) is 0 Å². The van der Waals surface area contributed by atoms with Gasteiger partial charge < -0.3 is 0 Å². The summed E-state index contributed by atoms with van der Waals surface area (Å²) in [5.74, 6) is 0. The molecule has 0 fully saturated rings. The van der Waals surface area contributed by atoms with Gasteiger partial charge in [-0.2, -0.15) is 0 Å². The molecule has 282 valence electrons. The van der Waals surface area contributed by atoms with E-state index in [0.717, 1.165) is 23.4 Å². The van der Waals surface area contributed by atoms with E-state index in [2.05, 4.69) is 225 Å². The van der Waals surface area contributed by atoms with E-state index in [4.69, 9.17) is 4.99 Å². The lowest BCUT2D eigenvalue weighted by Gasteiger charge is -2.20. The molecule has 0 saturated heterocycles. The zero-order valence-corrected chi connectivity index (χ0v) is 33.4. The van der Waals surface area contributed by atoms with E-state index in [0.29, 0.717) is 0 Å². The Morgan fingerprint density at radius 2 is 0.883 bits per heavy atom. The maximum atomic E-state index is 5.27. The second-order valence-electron chi connectivity index (χ2n) is 15.8. The number of rotatable bonds is 7. The van der Waals surface area contributed by atoms with Gasteiger partial charge in [-0.1, -0.05) is 206 Å². The fraction of sp³-hybridized carbons (Fsp3) is 0.0339. The minimum Gasteiger partial charge on any atom is -0.252 e. The van der Waals surface area contributed by atoms with Crippen LogP contribution in [0.3, 0.4) is 0 Å². The molecule has 0 atom stereocenters. The van der Waals surface area contributed by atoms with Gasteiger partial charge in [-0.3, -0.25) is 4.99 Å². The number of hydrogen-bond donors (Lipinski definition) is 0. The Bertz CT molecular complexity index is 3380. The third-order valence-corrected chi connectivity index (χ3v) is 12.3. The first-order valence-corrected chi connectivity index (χ1v) is 20.8. The van der Waals surface area contributed by atoms with Crippen molar-refractivity contribution in [1.29, 1.82) is 0 Å². The summed E-state index contributed by atoms with van der Waals surface area (Å²) in [6.07, 6.45) is 0.750. The van der Waals surface area contributed by atoms with Crippen LogP contribution in [0.4, 0.5) is 5.69 Å². The van der Waals surface area contributed by atoms with Gasteiger partial charge in [-0.25, -0.2) is 0 Å². The van der Waals surface area contributed by atoms with E-state index in [1.165, 1.54) is 98.4 Å². The van der Waals surface area contributed by atoms with Crippen LogP contribution in [0.15, 0.2) is 223 Å². The van der Waals surface area contributed by atoms with Gasteiger partial charge in [0.25, 0.3) is 0 Å². The topological polar surface area (TPSA) is 12.4 Å². The maximum Gasteiger partial charge on any atom is 0.0662 e. The fourth-order valence-corrected chi connectivity index (χ4v) is 9.43. The van der Waals surface area contributed by atoms with Crippen molar-refractivity contribution in [3.8, 4) is 33.4 Å². The highest BCUT2D eigenvalue weighted by Gasteiger charge is 2.20. The lowest BCUT2D eigenvalue weighted by atomic mass is 9.83. The van der Waals surface area contributed by atoms with Crippen molar-refractivity contribution >= 4 is 65.3 Å². The SMILES string of the molecule is Cc1ccccc1N=C(Cc1ccccc1)c1ccc(-c2c3ccccc3cc3c2ccc2c(-c4c5ccccc5c(-c5ccccc5)c5ccccc45)cccc23)cc1. The summed E-state index contributed by atoms with van der Waals surface area (Å²) in [4.78, 5) is 5.27. The van der Waals surface area contributed by atoms with Gasteiger partial charge in [-0.15, -0.1) is 0 Å². The van der Waals surface area contributed by atoms with E-state index >= 15 is 0 Å². The Labute approximate surface area is 350 Å². The van der Waals surface area contributed by atoms with Gasteiger partial charge in [0.2, 0.25) is 0 Å². The van der Waals surface area contributed by atoms with E-state index in [1.807, 2.05) is 0 Å². The first-order valence-electron chi connectivity index (χ1n) is 20.8. The van der Waals surface area contributed by atoms with Crippen molar-refractivity contribution < 1.29 is 0 Å². The molecule has 11 aromatic carbocycles. The molecule has 1 nitrogen and oxygen atoms in total. The first-order chi connectivity index (χ1) is 29.7. The monoisotopic (exact) mass is 763 g/mol. The lowest BCUT2D eigenvalue weighted by molar-refractivity contribution is 1.29. The molecule has 0 aliphatic heterocycles. The van der Waals surface area contributed by atoms with Crippen molar-refractivity contribution in [3.63, 3.8) is 0 Å². The van der Waals surface area contributed by atoms with Crippen molar-refractivity contribution in [1.82, 2.24) is 0 Å². The van der Waals surface area contributed by atoms with Crippen LogP contribution in [0.2, 0.25) is 0 Å². The van der Waals surface area contributed by atoms with Gasteiger partial charge in [-0.05, 0) is 123 Å². The van der Waals surface area contributed by atoms with Crippen LogP contribution in [-0.4, -0.2) is 5.71 Å². The Balaban J connectivity index is 1.10. The third kappa shape index (κ3) is 6.15. The predicted molar refractivity (Wildman–Crippen MR) is 258 cm³/mol. The quantitative estimate of drug-likeness (QED) is 0.0871. The molecule has 0 bridgehead atoms. The zero-order valence-electron chi connectivity index (χ0n) is 33.4. The van der Waals surface area contributed by atoms with Gasteiger partial charge >= 0.3 is 0 Å². The highest BCUT2D eigenvalue weighted by Crippen LogP contribution is 2.47. The van der Waals surface area contributed by atoms with Gasteiger partial charge in [0.05, 0.1) is 11.4 Å². The van der Waals surface area contributed by atoms with Crippen LogP contribution >= 0.6 is 0 Å². The number of hydrogen-bond acceptors (Lipinski definition) is 1. The van der Waals surface area contributed by atoms with Crippen molar-refractivity contribution in [2.45, 2.75) is 13.3 Å². The molecule has 1 heteroatoms. The maximum absolute atomic E-state index is 5.27. The number of fused-ring (bicyclic) bond motifs is 6. The number of benzene rings is 11. The molecular formula is C59H41N. The molecule has 0 aliphatic rings.